The van der Waals surface area contributed by atoms with E-state index in [1.807, 2.05) is 0 Å². The minimum atomic E-state index is -4.51. The summed E-state index contributed by atoms with van der Waals surface area (Å²) in [6.07, 6.45) is -4.51. The normalized spacial score (nSPS) is 12.0. The number of rotatable bonds is 0. The van der Waals surface area contributed by atoms with Gasteiger partial charge in [-0.3, -0.25) is 4.79 Å². The molecule has 16 heavy (non-hydrogen) atoms. The van der Waals surface area contributed by atoms with Gasteiger partial charge in [0, 0.05) is 11.5 Å². The number of aryl methyl sites for hydroxylation is 1. The van der Waals surface area contributed by atoms with Gasteiger partial charge in [-0.25, -0.2) is 4.98 Å². The molecule has 0 fully saturated rings. The topological polar surface area (TPSA) is 45.8 Å². The molecule has 0 saturated heterocycles. The molecule has 0 amide bonds. The summed E-state index contributed by atoms with van der Waals surface area (Å²) in [6.45, 7) is 1.54. The fraction of sp³-hybridized carbons (Fsp3) is 0.200. The summed E-state index contributed by atoms with van der Waals surface area (Å²) in [7, 11) is 0. The summed E-state index contributed by atoms with van der Waals surface area (Å²) in [6, 6.07) is 3.67. The van der Waals surface area contributed by atoms with Gasteiger partial charge in [-0.05, 0) is 24.6 Å². The van der Waals surface area contributed by atoms with Crippen LogP contribution in [0, 0.1) is 6.92 Å². The van der Waals surface area contributed by atoms with Crippen LogP contribution in [-0.4, -0.2) is 9.97 Å². The zero-order chi connectivity index (χ0) is 11.9. The Morgan fingerprint density at radius 1 is 1.31 bits per heavy atom. The van der Waals surface area contributed by atoms with Crippen LogP contribution in [0.2, 0.25) is 0 Å². The second-order valence-electron chi connectivity index (χ2n) is 3.41. The third-order valence-electron chi connectivity index (χ3n) is 2.20. The minimum Gasteiger partial charge on any atom is -0.307 e. The van der Waals surface area contributed by atoms with Crippen molar-refractivity contribution in [2.75, 3.05) is 0 Å². The van der Waals surface area contributed by atoms with E-state index in [4.69, 9.17) is 0 Å². The van der Waals surface area contributed by atoms with E-state index in [9.17, 15) is 18.0 Å². The molecule has 0 atom stereocenters. The molecule has 2 aromatic rings. The zero-order valence-corrected chi connectivity index (χ0v) is 8.22. The summed E-state index contributed by atoms with van der Waals surface area (Å²) >= 11 is 0. The summed E-state index contributed by atoms with van der Waals surface area (Å²) in [5.74, 6) is 0. The number of fused-ring (bicyclic) bond motifs is 1. The highest BCUT2D eigenvalue weighted by molar-refractivity contribution is 5.78. The molecular formula is C10H7F3N2O. The van der Waals surface area contributed by atoms with Crippen molar-refractivity contribution in [2.45, 2.75) is 13.1 Å². The Balaban J connectivity index is 2.80. The molecule has 3 nitrogen and oxygen atoms in total. The van der Waals surface area contributed by atoms with Crippen LogP contribution in [-0.2, 0) is 6.18 Å². The lowest BCUT2D eigenvalue weighted by atomic mass is 10.1. The molecular weight excluding hydrogens is 221 g/mol. The number of hydrogen-bond acceptors (Lipinski definition) is 2. The molecule has 2 rings (SSSR count). The molecule has 0 saturated carbocycles. The highest BCUT2D eigenvalue weighted by Crippen LogP contribution is 2.29. The maximum absolute atomic E-state index is 12.4. The number of hydrogen-bond donors (Lipinski definition) is 1. The van der Waals surface area contributed by atoms with Gasteiger partial charge in [-0.1, -0.05) is 0 Å². The fourth-order valence-electron chi connectivity index (χ4n) is 1.45. The number of halogens is 3. The van der Waals surface area contributed by atoms with E-state index in [2.05, 4.69) is 9.97 Å². The van der Waals surface area contributed by atoms with Crippen LogP contribution >= 0.6 is 0 Å². The Morgan fingerprint density at radius 2 is 2.00 bits per heavy atom. The summed E-state index contributed by atoms with van der Waals surface area (Å²) in [5.41, 5.74) is -1.09. The van der Waals surface area contributed by atoms with E-state index < -0.39 is 17.4 Å². The predicted molar refractivity (Wildman–Crippen MR) is 52.1 cm³/mol. The first-order valence-corrected chi connectivity index (χ1v) is 4.46. The SMILES string of the molecule is Cc1cc(C(F)(F)F)nc2[nH]c(=O)ccc12. The average molecular weight is 228 g/mol. The van der Waals surface area contributed by atoms with Crippen LogP contribution in [0.4, 0.5) is 13.2 Å². The summed E-state index contributed by atoms with van der Waals surface area (Å²) in [4.78, 5) is 16.6. The molecule has 0 bridgehead atoms. The number of H-pyrrole nitrogens is 1. The lowest BCUT2D eigenvalue weighted by Crippen LogP contribution is -2.11. The minimum absolute atomic E-state index is 0.0418. The molecule has 2 aromatic heterocycles. The zero-order valence-electron chi connectivity index (χ0n) is 8.22. The van der Waals surface area contributed by atoms with E-state index in [-0.39, 0.29) is 5.65 Å². The second kappa shape index (κ2) is 3.33. The second-order valence-corrected chi connectivity index (χ2v) is 3.41. The van der Waals surface area contributed by atoms with Gasteiger partial charge in [0.05, 0.1) is 0 Å². The molecule has 1 N–H and O–H groups in total. The summed E-state index contributed by atoms with van der Waals surface area (Å²) < 4.78 is 37.3. The monoisotopic (exact) mass is 228 g/mol. The molecule has 0 aliphatic heterocycles. The maximum Gasteiger partial charge on any atom is 0.433 e. The standard InChI is InChI=1S/C10H7F3N2O/c1-5-4-7(10(11,12)13)14-9-6(5)2-3-8(16)15-9/h2-4H,1H3,(H,14,15,16). The van der Waals surface area contributed by atoms with Crippen molar-refractivity contribution in [3.63, 3.8) is 0 Å². The van der Waals surface area contributed by atoms with E-state index in [1.165, 1.54) is 19.1 Å². The lowest BCUT2D eigenvalue weighted by molar-refractivity contribution is -0.141. The van der Waals surface area contributed by atoms with Crippen molar-refractivity contribution in [2.24, 2.45) is 0 Å². The van der Waals surface area contributed by atoms with Gasteiger partial charge < -0.3 is 4.98 Å². The molecule has 84 valence electrons. The smallest absolute Gasteiger partial charge is 0.307 e. The highest BCUT2D eigenvalue weighted by atomic mass is 19.4. The van der Waals surface area contributed by atoms with Crippen molar-refractivity contribution >= 4 is 11.0 Å². The third-order valence-corrected chi connectivity index (χ3v) is 2.20. The Morgan fingerprint density at radius 3 is 2.62 bits per heavy atom. The van der Waals surface area contributed by atoms with E-state index in [1.54, 1.807) is 0 Å². The van der Waals surface area contributed by atoms with Crippen molar-refractivity contribution in [1.29, 1.82) is 0 Å². The van der Waals surface area contributed by atoms with Crippen LogP contribution in [0.1, 0.15) is 11.3 Å². The van der Waals surface area contributed by atoms with Gasteiger partial charge in [-0.2, -0.15) is 13.2 Å². The largest absolute Gasteiger partial charge is 0.433 e. The van der Waals surface area contributed by atoms with Crippen molar-refractivity contribution in [3.05, 3.63) is 39.8 Å². The quantitative estimate of drug-likeness (QED) is 0.751. The van der Waals surface area contributed by atoms with Crippen molar-refractivity contribution < 1.29 is 13.2 Å². The average Bonchev–Trinajstić information content (AvgIpc) is 2.15. The Labute approximate surface area is 87.9 Å². The van der Waals surface area contributed by atoms with Gasteiger partial charge in [0.25, 0.3) is 0 Å². The van der Waals surface area contributed by atoms with Crippen LogP contribution in [0.15, 0.2) is 23.0 Å². The van der Waals surface area contributed by atoms with Crippen LogP contribution in [0.5, 0.6) is 0 Å². The van der Waals surface area contributed by atoms with Gasteiger partial charge in [0.15, 0.2) is 0 Å². The van der Waals surface area contributed by atoms with Gasteiger partial charge in [-0.15, -0.1) is 0 Å². The van der Waals surface area contributed by atoms with Crippen molar-refractivity contribution in [1.82, 2.24) is 9.97 Å². The van der Waals surface area contributed by atoms with E-state index >= 15 is 0 Å². The predicted octanol–water partition coefficient (Wildman–Crippen LogP) is 2.25. The highest BCUT2D eigenvalue weighted by Gasteiger charge is 2.33. The molecule has 0 spiro atoms. The van der Waals surface area contributed by atoms with Crippen LogP contribution in [0.3, 0.4) is 0 Å². The molecule has 0 unspecified atom stereocenters. The van der Waals surface area contributed by atoms with Gasteiger partial charge >= 0.3 is 6.18 Å². The van der Waals surface area contributed by atoms with Crippen LogP contribution < -0.4 is 5.56 Å². The van der Waals surface area contributed by atoms with Crippen LogP contribution in [0.25, 0.3) is 11.0 Å². The van der Waals surface area contributed by atoms with Gasteiger partial charge in [0.1, 0.15) is 11.3 Å². The molecule has 0 aliphatic carbocycles. The van der Waals surface area contributed by atoms with E-state index in [0.29, 0.717) is 10.9 Å². The third kappa shape index (κ3) is 1.78. The first-order chi connectivity index (χ1) is 7.38. The number of aromatic amines is 1. The molecule has 6 heteroatoms. The Kier molecular flexibility index (Phi) is 2.22. The number of pyridine rings is 2. The molecule has 0 radical (unpaired) electrons. The number of nitrogens with zero attached hydrogens (tertiary/aromatic N) is 1. The summed E-state index contributed by atoms with van der Waals surface area (Å²) in [5, 5.41) is 0.507. The number of alkyl halides is 3. The lowest BCUT2D eigenvalue weighted by Gasteiger charge is -2.08. The maximum atomic E-state index is 12.4. The molecule has 0 aliphatic rings. The van der Waals surface area contributed by atoms with Gasteiger partial charge in [0.2, 0.25) is 5.56 Å². The Bertz CT molecular complexity index is 601. The first kappa shape index (κ1) is 10.7. The number of nitrogens with one attached hydrogen (secondary N) is 1. The van der Waals surface area contributed by atoms with Crippen molar-refractivity contribution in [3.8, 4) is 0 Å². The number of aromatic nitrogens is 2. The fourth-order valence-corrected chi connectivity index (χ4v) is 1.45. The first-order valence-electron chi connectivity index (χ1n) is 4.46. The van der Waals surface area contributed by atoms with E-state index in [0.717, 1.165) is 6.07 Å². The molecule has 2 heterocycles. The Hall–Kier alpha value is -1.85. The molecule has 0 aromatic carbocycles.